The van der Waals surface area contributed by atoms with Crippen LogP contribution in [-0.4, -0.2) is 87.4 Å². The highest BCUT2D eigenvalue weighted by Gasteiger charge is 2.36. The number of carboxylic acid groups (broad SMARTS) is 1. The van der Waals surface area contributed by atoms with Crippen LogP contribution in [0.25, 0.3) is 33.6 Å². The van der Waals surface area contributed by atoms with E-state index in [1.54, 1.807) is 20.4 Å². The summed E-state index contributed by atoms with van der Waals surface area (Å²) >= 11 is 14.2. The number of rotatable bonds is 9. The van der Waals surface area contributed by atoms with Crippen molar-refractivity contribution in [1.29, 1.82) is 0 Å². The number of pyridine rings is 1. The zero-order valence-electron chi connectivity index (χ0n) is 26.8. The smallest absolute Gasteiger partial charge is 0.307 e. The van der Waals surface area contributed by atoms with Gasteiger partial charge >= 0.3 is 5.97 Å². The van der Waals surface area contributed by atoms with Crippen molar-refractivity contribution in [2.75, 3.05) is 40.4 Å². The van der Waals surface area contributed by atoms with Crippen molar-refractivity contribution in [2.24, 2.45) is 5.92 Å². The molecule has 48 heavy (non-hydrogen) atoms. The van der Waals surface area contributed by atoms with E-state index in [0.717, 1.165) is 53.6 Å². The standard InChI is InChI=1S/C36H37Cl2N5O5/c1-47-34-29(19-42-17-22(44)18-42)39-15-28(41-34)26-10-4-8-24(33(26)38)23-7-3-9-25(32(23)37)27-14-20-11-12-30(31(20)35(40-27)48-2)43-13-5-6-21(16-43)36(45)46/h3-4,7-10,14-15,21-22,30,44H,5-6,11-13,16-19H2,1-2H3,(H,45,46). The maximum absolute atomic E-state index is 11.7. The lowest BCUT2D eigenvalue weighted by Gasteiger charge is -2.35. The van der Waals surface area contributed by atoms with E-state index in [1.165, 1.54) is 0 Å². The monoisotopic (exact) mass is 689 g/mol. The molecule has 1 aliphatic carbocycles. The molecule has 10 nitrogen and oxygen atoms in total. The maximum atomic E-state index is 11.7. The van der Waals surface area contributed by atoms with Gasteiger partial charge in [-0.3, -0.25) is 19.6 Å². The minimum atomic E-state index is -0.733. The van der Waals surface area contributed by atoms with Gasteiger partial charge in [0, 0.05) is 60.0 Å². The summed E-state index contributed by atoms with van der Waals surface area (Å²) in [7, 11) is 3.19. The molecule has 2 N–H and O–H groups in total. The third-order valence-corrected chi connectivity index (χ3v) is 10.5. The molecule has 0 bridgehead atoms. The van der Waals surface area contributed by atoms with Crippen molar-refractivity contribution < 1.29 is 24.5 Å². The van der Waals surface area contributed by atoms with Crippen LogP contribution in [0.3, 0.4) is 0 Å². The number of piperidine rings is 1. The highest BCUT2D eigenvalue weighted by atomic mass is 35.5. The van der Waals surface area contributed by atoms with Gasteiger partial charge in [0.15, 0.2) is 0 Å². The quantitative estimate of drug-likeness (QED) is 0.211. The van der Waals surface area contributed by atoms with Crippen LogP contribution in [0.5, 0.6) is 11.8 Å². The summed E-state index contributed by atoms with van der Waals surface area (Å²) in [6, 6.07) is 13.7. The van der Waals surface area contributed by atoms with Crippen molar-refractivity contribution >= 4 is 29.2 Å². The number of aryl methyl sites for hydroxylation is 1. The number of aliphatic hydroxyl groups excluding tert-OH is 1. The number of hydrogen-bond acceptors (Lipinski definition) is 9. The Hall–Kier alpha value is -3.80. The largest absolute Gasteiger partial charge is 0.481 e. The number of nitrogens with zero attached hydrogens (tertiary/aromatic N) is 5. The molecule has 4 aromatic rings. The van der Waals surface area contributed by atoms with E-state index in [1.807, 2.05) is 36.4 Å². The van der Waals surface area contributed by atoms with Gasteiger partial charge in [-0.05, 0) is 43.9 Å². The minimum Gasteiger partial charge on any atom is -0.481 e. The van der Waals surface area contributed by atoms with Crippen molar-refractivity contribution in [2.45, 2.75) is 44.4 Å². The summed E-state index contributed by atoms with van der Waals surface area (Å²) in [5.41, 5.74) is 7.09. The van der Waals surface area contributed by atoms with Crippen molar-refractivity contribution in [3.63, 3.8) is 0 Å². The Labute approximate surface area is 289 Å². The molecule has 12 heteroatoms. The van der Waals surface area contributed by atoms with Crippen LogP contribution < -0.4 is 9.47 Å². The number of benzene rings is 2. The lowest BCUT2D eigenvalue weighted by atomic mass is 9.95. The number of carboxylic acids is 1. The lowest BCUT2D eigenvalue weighted by Crippen LogP contribution is -2.50. The molecule has 4 heterocycles. The topological polar surface area (TPSA) is 121 Å². The molecule has 0 saturated carbocycles. The van der Waals surface area contributed by atoms with E-state index in [-0.39, 0.29) is 18.1 Å². The number of carbonyl (C=O) groups is 1. The van der Waals surface area contributed by atoms with Crippen LogP contribution in [0.4, 0.5) is 0 Å². The first-order chi connectivity index (χ1) is 23.2. The number of halogens is 2. The van der Waals surface area contributed by atoms with Crippen molar-refractivity contribution in [3.8, 4) is 45.4 Å². The zero-order chi connectivity index (χ0) is 33.5. The Bertz CT molecular complexity index is 1870. The highest BCUT2D eigenvalue weighted by molar-refractivity contribution is 6.39. The third-order valence-electron chi connectivity index (χ3n) is 9.72. The molecular formula is C36H37Cl2N5O5. The Morgan fingerprint density at radius 3 is 2.21 bits per heavy atom. The fourth-order valence-electron chi connectivity index (χ4n) is 7.29. The highest BCUT2D eigenvalue weighted by Crippen LogP contribution is 2.46. The van der Waals surface area contributed by atoms with Gasteiger partial charge in [0.05, 0.1) is 53.9 Å². The van der Waals surface area contributed by atoms with Gasteiger partial charge in [-0.2, -0.15) is 0 Å². The number of methoxy groups -OCH3 is 2. The van der Waals surface area contributed by atoms with E-state index >= 15 is 0 Å². The van der Waals surface area contributed by atoms with Gasteiger partial charge in [-0.15, -0.1) is 0 Å². The first-order valence-corrected chi connectivity index (χ1v) is 16.9. The fraction of sp³-hybridized carbons (Fsp3) is 0.389. The van der Waals surface area contributed by atoms with E-state index in [9.17, 15) is 15.0 Å². The SMILES string of the molecule is COc1nc(-c2cccc(-c3cccc(-c4cc5c(c(OC)n4)C(N4CCCC(C(=O)O)C4)CC5)c3Cl)c2Cl)cnc1CN1CC(O)C1. The number of aliphatic carboxylic acids is 1. The molecule has 2 aromatic carbocycles. The third kappa shape index (κ3) is 6.12. The number of aliphatic hydroxyl groups is 1. The Morgan fingerprint density at radius 2 is 1.56 bits per heavy atom. The van der Waals surface area contributed by atoms with Gasteiger partial charge in [0.25, 0.3) is 0 Å². The average molecular weight is 691 g/mol. The maximum Gasteiger partial charge on any atom is 0.307 e. The molecule has 0 radical (unpaired) electrons. The minimum absolute atomic E-state index is 0.0707. The summed E-state index contributed by atoms with van der Waals surface area (Å²) in [5.74, 6) is -0.127. The van der Waals surface area contributed by atoms with E-state index in [0.29, 0.717) is 77.1 Å². The van der Waals surface area contributed by atoms with Gasteiger partial charge < -0.3 is 19.7 Å². The number of ether oxygens (including phenoxy) is 2. The average Bonchev–Trinajstić information content (AvgIpc) is 3.52. The van der Waals surface area contributed by atoms with Crippen LogP contribution in [-0.2, 0) is 17.8 Å². The summed E-state index contributed by atoms with van der Waals surface area (Å²) in [6.07, 6.45) is 4.68. The predicted molar refractivity (Wildman–Crippen MR) is 184 cm³/mol. The number of hydrogen-bond donors (Lipinski definition) is 2. The number of aromatic nitrogens is 3. The van der Waals surface area contributed by atoms with E-state index in [2.05, 4.69) is 20.9 Å². The first-order valence-electron chi connectivity index (χ1n) is 16.2. The molecular weight excluding hydrogens is 653 g/mol. The Kier molecular flexibility index (Phi) is 9.28. The van der Waals surface area contributed by atoms with Crippen LogP contribution in [0.15, 0.2) is 48.7 Å². The van der Waals surface area contributed by atoms with Gasteiger partial charge in [-0.25, -0.2) is 9.97 Å². The zero-order valence-corrected chi connectivity index (χ0v) is 28.3. The summed E-state index contributed by atoms with van der Waals surface area (Å²) in [4.78, 5) is 30.4. The van der Waals surface area contributed by atoms with Crippen LogP contribution in [0, 0.1) is 5.92 Å². The summed E-state index contributed by atoms with van der Waals surface area (Å²) in [6.45, 7) is 3.13. The summed E-state index contributed by atoms with van der Waals surface area (Å²) in [5, 5.41) is 20.3. The van der Waals surface area contributed by atoms with E-state index < -0.39 is 5.97 Å². The molecule has 3 aliphatic rings. The molecule has 0 spiro atoms. The molecule has 2 saturated heterocycles. The lowest BCUT2D eigenvalue weighted by molar-refractivity contribution is -0.144. The molecule has 250 valence electrons. The Morgan fingerprint density at radius 1 is 0.917 bits per heavy atom. The molecule has 2 fully saturated rings. The van der Waals surface area contributed by atoms with Crippen molar-refractivity contribution in [3.05, 3.63) is 75.5 Å². The first kappa shape index (κ1) is 32.7. The fourth-order valence-corrected chi connectivity index (χ4v) is 7.94. The molecule has 2 aromatic heterocycles. The molecule has 2 atom stereocenters. The molecule has 7 rings (SSSR count). The Balaban J connectivity index is 1.20. The normalized spacial score (nSPS) is 19.9. The summed E-state index contributed by atoms with van der Waals surface area (Å²) < 4.78 is 11.4. The number of fused-ring (bicyclic) bond motifs is 1. The molecule has 0 amide bonds. The van der Waals surface area contributed by atoms with Crippen molar-refractivity contribution in [1.82, 2.24) is 24.8 Å². The second-order valence-corrected chi connectivity index (χ2v) is 13.5. The van der Waals surface area contributed by atoms with Crippen LogP contribution >= 0.6 is 23.2 Å². The van der Waals surface area contributed by atoms with E-state index in [4.69, 9.17) is 42.6 Å². The van der Waals surface area contributed by atoms with Gasteiger partial charge in [-0.1, -0.05) is 59.6 Å². The van der Waals surface area contributed by atoms with Crippen LogP contribution in [0.1, 0.15) is 42.1 Å². The van der Waals surface area contributed by atoms with Gasteiger partial charge in [0.1, 0.15) is 5.69 Å². The number of β-amino-alcohol motifs (C(OH)–C–C–N with tert-alkyl or cyclic N) is 1. The second kappa shape index (κ2) is 13.6. The second-order valence-electron chi connectivity index (χ2n) is 12.7. The molecule has 2 unspecified atom stereocenters. The molecule has 2 aliphatic heterocycles. The number of likely N-dealkylation sites (tertiary alicyclic amines) is 2. The van der Waals surface area contributed by atoms with Gasteiger partial charge in [0.2, 0.25) is 11.8 Å². The van der Waals surface area contributed by atoms with Crippen LogP contribution in [0.2, 0.25) is 10.0 Å². The predicted octanol–water partition coefficient (Wildman–Crippen LogP) is 6.16.